The SMILES string of the molecule is CCOC(=O)CCn1c(N)nc2c(Cl)cccc21. The van der Waals surface area contributed by atoms with Crippen LogP contribution in [0.4, 0.5) is 5.95 Å². The van der Waals surface area contributed by atoms with E-state index in [4.69, 9.17) is 22.1 Å². The van der Waals surface area contributed by atoms with E-state index in [9.17, 15) is 4.79 Å². The molecule has 0 aliphatic heterocycles. The summed E-state index contributed by atoms with van der Waals surface area (Å²) in [7, 11) is 0. The van der Waals surface area contributed by atoms with E-state index in [1.54, 1.807) is 17.6 Å². The van der Waals surface area contributed by atoms with Crippen LogP contribution in [0.1, 0.15) is 13.3 Å². The first-order valence-corrected chi connectivity index (χ1v) is 6.07. The van der Waals surface area contributed by atoms with Crippen molar-refractivity contribution in [3.05, 3.63) is 23.2 Å². The standard InChI is InChI=1S/C12H14ClN3O2/c1-2-18-10(17)6-7-16-9-5-3-4-8(13)11(9)15-12(16)14/h3-5H,2,6-7H2,1H3,(H2,14,15). The largest absolute Gasteiger partial charge is 0.466 e. The number of hydrogen-bond acceptors (Lipinski definition) is 4. The summed E-state index contributed by atoms with van der Waals surface area (Å²) in [4.78, 5) is 15.5. The van der Waals surface area contributed by atoms with Gasteiger partial charge in [0.1, 0.15) is 5.52 Å². The molecule has 0 spiro atoms. The van der Waals surface area contributed by atoms with E-state index in [2.05, 4.69) is 4.98 Å². The molecule has 1 aromatic carbocycles. The van der Waals surface area contributed by atoms with Crippen molar-refractivity contribution in [3.63, 3.8) is 0 Å². The van der Waals surface area contributed by atoms with Crippen molar-refractivity contribution in [1.29, 1.82) is 0 Å². The lowest BCUT2D eigenvalue weighted by Gasteiger charge is -2.06. The molecule has 0 radical (unpaired) electrons. The number of carbonyl (C=O) groups is 1. The lowest BCUT2D eigenvalue weighted by atomic mass is 10.3. The van der Waals surface area contributed by atoms with Crippen molar-refractivity contribution in [2.45, 2.75) is 19.9 Å². The number of fused-ring (bicyclic) bond motifs is 1. The summed E-state index contributed by atoms with van der Waals surface area (Å²) in [5, 5.41) is 0.550. The van der Waals surface area contributed by atoms with Crippen molar-refractivity contribution in [2.24, 2.45) is 0 Å². The summed E-state index contributed by atoms with van der Waals surface area (Å²) >= 11 is 6.03. The van der Waals surface area contributed by atoms with E-state index in [-0.39, 0.29) is 12.4 Å². The average molecular weight is 268 g/mol. The summed E-state index contributed by atoms with van der Waals surface area (Å²) in [6.07, 6.45) is 0.260. The Hall–Kier alpha value is -1.75. The molecular formula is C12H14ClN3O2. The van der Waals surface area contributed by atoms with Crippen molar-refractivity contribution in [2.75, 3.05) is 12.3 Å². The van der Waals surface area contributed by atoms with Crippen LogP contribution in [0.15, 0.2) is 18.2 Å². The molecule has 0 saturated heterocycles. The van der Waals surface area contributed by atoms with Gasteiger partial charge in [0, 0.05) is 6.54 Å². The van der Waals surface area contributed by atoms with Gasteiger partial charge in [-0.3, -0.25) is 4.79 Å². The third-order valence-electron chi connectivity index (χ3n) is 2.60. The number of halogens is 1. The number of imidazole rings is 1. The van der Waals surface area contributed by atoms with E-state index in [0.29, 0.717) is 29.6 Å². The maximum Gasteiger partial charge on any atom is 0.307 e. The molecule has 0 aliphatic carbocycles. The Morgan fingerprint density at radius 2 is 2.33 bits per heavy atom. The molecule has 0 unspecified atom stereocenters. The van der Waals surface area contributed by atoms with Crippen LogP contribution in [-0.2, 0) is 16.1 Å². The lowest BCUT2D eigenvalue weighted by molar-refractivity contribution is -0.143. The molecule has 5 nitrogen and oxygen atoms in total. The van der Waals surface area contributed by atoms with Gasteiger partial charge in [0.05, 0.1) is 23.6 Å². The summed E-state index contributed by atoms with van der Waals surface area (Å²) in [5.74, 6) is 0.100. The molecule has 1 aromatic heterocycles. The third-order valence-corrected chi connectivity index (χ3v) is 2.91. The van der Waals surface area contributed by atoms with Crippen molar-refractivity contribution >= 4 is 34.6 Å². The number of benzene rings is 1. The molecule has 0 fully saturated rings. The summed E-state index contributed by atoms with van der Waals surface area (Å²) in [6.45, 7) is 2.59. The Morgan fingerprint density at radius 1 is 1.56 bits per heavy atom. The number of hydrogen-bond donors (Lipinski definition) is 1. The fraction of sp³-hybridized carbons (Fsp3) is 0.333. The molecule has 18 heavy (non-hydrogen) atoms. The van der Waals surface area contributed by atoms with Crippen LogP contribution in [0, 0.1) is 0 Å². The highest BCUT2D eigenvalue weighted by Crippen LogP contribution is 2.25. The number of aromatic nitrogens is 2. The van der Waals surface area contributed by atoms with E-state index >= 15 is 0 Å². The van der Waals surface area contributed by atoms with Gasteiger partial charge in [-0.2, -0.15) is 0 Å². The Morgan fingerprint density at radius 3 is 3.06 bits per heavy atom. The predicted octanol–water partition coefficient (Wildman–Crippen LogP) is 2.23. The molecule has 6 heteroatoms. The van der Waals surface area contributed by atoms with Gasteiger partial charge in [-0.25, -0.2) is 4.98 Å². The first-order valence-electron chi connectivity index (χ1n) is 5.69. The number of nitrogens with two attached hydrogens (primary N) is 1. The fourth-order valence-electron chi connectivity index (χ4n) is 1.80. The zero-order chi connectivity index (χ0) is 13.1. The Labute approximate surface area is 109 Å². The molecular weight excluding hydrogens is 254 g/mol. The highest BCUT2D eigenvalue weighted by molar-refractivity contribution is 6.35. The molecule has 0 aliphatic rings. The van der Waals surface area contributed by atoms with E-state index in [0.717, 1.165) is 5.52 Å². The number of para-hydroxylation sites is 1. The summed E-state index contributed by atoms with van der Waals surface area (Å²) in [5.41, 5.74) is 7.30. The molecule has 0 bridgehead atoms. The molecule has 2 aromatic rings. The molecule has 2 rings (SSSR count). The molecule has 0 saturated carbocycles. The van der Waals surface area contributed by atoms with Crippen molar-refractivity contribution < 1.29 is 9.53 Å². The number of esters is 1. The summed E-state index contributed by atoms with van der Waals surface area (Å²) in [6, 6.07) is 5.45. The average Bonchev–Trinajstić information content (AvgIpc) is 2.65. The number of nitrogens with zero attached hydrogens (tertiary/aromatic N) is 2. The van der Waals surface area contributed by atoms with Crippen LogP contribution in [0.25, 0.3) is 11.0 Å². The monoisotopic (exact) mass is 267 g/mol. The van der Waals surface area contributed by atoms with E-state index < -0.39 is 0 Å². The number of ether oxygens (including phenoxy) is 1. The zero-order valence-corrected chi connectivity index (χ0v) is 10.8. The normalized spacial score (nSPS) is 10.8. The minimum Gasteiger partial charge on any atom is -0.466 e. The van der Waals surface area contributed by atoms with Gasteiger partial charge in [-0.1, -0.05) is 17.7 Å². The van der Waals surface area contributed by atoms with Crippen molar-refractivity contribution in [3.8, 4) is 0 Å². The number of aryl methyl sites for hydroxylation is 1. The molecule has 2 N–H and O–H groups in total. The maximum absolute atomic E-state index is 11.3. The van der Waals surface area contributed by atoms with Gasteiger partial charge in [0.25, 0.3) is 0 Å². The molecule has 96 valence electrons. The number of carbonyl (C=O) groups excluding carboxylic acids is 1. The second-order valence-electron chi connectivity index (χ2n) is 3.78. The van der Waals surface area contributed by atoms with Crippen LogP contribution in [-0.4, -0.2) is 22.1 Å². The summed E-state index contributed by atoms with van der Waals surface area (Å²) < 4.78 is 6.64. The minimum absolute atomic E-state index is 0.249. The second-order valence-corrected chi connectivity index (χ2v) is 4.19. The lowest BCUT2D eigenvalue weighted by Crippen LogP contribution is -2.10. The van der Waals surface area contributed by atoms with Gasteiger partial charge < -0.3 is 15.0 Å². The van der Waals surface area contributed by atoms with Crippen LogP contribution < -0.4 is 5.73 Å². The third kappa shape index (κ3) is 2.41. The predicted molar refractivity (Wildman–Crippen MR) is 70.4 cm³/mol. The highest BCUT2D eigenvalue weighted by Gasteiger charge is 2.12. The molecule has 1 heterocycles. The quantitative estimate of drug-likeness (QED) is 0.863. The van der Waals surface area contributed by atoms with Crippen LogP contribution >= 0.6 is 11.6 Å². The first kappa shape index (κ1) is 12.7. The topological polar surface area (TPSA) is 70.1 Å². The zero-order valence-electron chi connectivity index (χ0n) is 10.0. The van der Waals surface area contributed by atoms with Crippen LogP contribution in [0.5, 0.6) is 0 Å². The van der Waals surface area contributed by atoms with Gasteiger partial charge in [0.15, 0.2) is 0 Å². The van der Waals surface area contributed by atoms with Gasteiger partial charge in [-0.15, -0.1) is 0 Å². The van der Waals surface area contributed by atoms with E-state index in [1.807, 2.05) is 12.1 Å². The smallest absolute Gasteiger partial charge is 0.307 e. The van der Waals surface area contributed by atoms with Crippen molar-refractivity contribution in [1.82, 2.24) is 9.55 Å². The number of nitrogen functional groups attached to an aromatic ring is 1. The highest BCUT2D eigenvalue weighted by atomic mass is 35.5. The Balaban J connectivity index is 2.25. The van der Waals surface area contributed by atoms with Gasteiger partial charge in [-0.05, 0) is 19.1 Å². The van der Waals surface area contributed by atoms with Gasteiger partial charge >= 0.3 is 5.97 Å². The minimum atomic E-state index is -0.249. The number of anilines is 1. The fourth-order valence-corrected chi connectivity index (χ4v) is 2.01. The van der Waals surface area contributed by atoms with E-state index in [1.165, 1.54) is 0 Å². The second kappa shape index (κ2) is 5.27. The van der Waals surface area contributed by atoms with Gasteiger partial charge in [0.2, 0.25) is 5.95 Å². The molecule has 0 amide bonds. The van der Waals surface area contributed by atoms with Crippen LogP contribution in [0.3, 0.4) is 0 Å². The first-order chi connectivity index (χ1) is 8.63. The Kier molecular flexibility index (Phi) is 3.72. The molecule has 0 atom stereocenters. The maximum atomic E-state index is 11.3. The van der Waals surface area contributed by atoms with Crippen LogP contribution in [0.2, 0.25) is 5.02 Å². The number of rotatable bonds is 4. The Bertz CT molecular complexity index is 580.